The van der Waals surface area contributed by atoms with E-state index in [9.17, 15) is 10.1 Å². The van der Waals surface area contributed by atoms with Crippen LogP contribution in [0, 0.1) is 24.2 Å². The summed E-state index contributed by atoms with van der Waals surface area (Å²) in [5.41, 5.74) is 11.1. The highest BCUT2D eigenvalue weighted by molar-refractivity contribution is 6.36. The second kappa shape index (κ2) is 11.5. The minimum atomic E-state index is -0.0299. The molecule has 2 heterocycles. The van der Waals surface area contributed by atoms with E-state index in [1.54, 1.807) is 12.3 Å². The molecule has 0 aliphatic heterocycles. The van der Waals surface area contributed by atoms with Crippen molar-refractivity contribution in [3.05, 3.63) is 65.1 Å². The Labute approximate surface area is 201 Å². The first-order chi connectivity index (χ1) is 15.8. The molecule has 3 aromatic rings. The number of nitrogens with zero attached hydrogens (tertiary/aromatic N) is 3. The number of aryl methyl sites for hydroxylation is 1. The van der Waals surface area contributed by atoms with Gasteiger partial charge in [-0.3, -0.25) is 9.78 Å². The topological polar surface area (TPSA) is 84.7 Å². The summed E-state index contributed by atoms with van der Waals surface area (Å²) in [6.07, 6.45) is 11.6. The van der Waals surface area contributed by atoms with Gasteiger partial charge >= 0.3 is 0 Å². The van der Waals surface area contributed by atoms with E-state index in [1.165, 1.54) is 13.1 Å². The van der Waals surface area contributed by atoms with Crippen molar-refractivity contribution < 1.29 is 4.79 Å². The number of aromatic nitrogens is 2. The minimum Gasteiger partial charge on any atom is -0.396 e. The third-order valence-corrected chi connectivity index (χ3v) is 5.76. The summed E-state index contributed by atoms with van der Waals surface area (Å²) in [5, 5.41) is 10.9. The lowest BCUT2D eigenvalue weighted by molar-refractivity contribution is -0.112. The number of rotatable bonds is 6. The number of benzene rings is 1. The summed E-state index contributed by atoms with van der Waals surface area (Å²) < 4.78 is 2.03. The fraction of sp³-hybridized carbons (Fsp3) is 0.296. The molecule has 5 nitrogen and oxygen atoms in total. The molecule has 0 aliphatic rings. The molecule has 0 aliphatic carbocycles. The summed E-state index contributed by atoms with van der Waals surface area (Å²) in [6.45, 7) is 11.7. The van der Waals surface area contributed by atoms with Crippen molar-refractivity contribution in [1.29, 1.82) is 5.26 Å². The maximum Gasteiger partial charge on any atom is 0.152 e. The Hall–Kier alpha value is -3.36. The second-order valence-electron chi connectivity index (χ2n) is 7.72. The van der Waals surface area contributed by atoms with E-state index >= 15 is 0 Å². The number of allylic oxidation sites excluding steroid dienone is 4. The molecule has 1 atom stereocenters. The van der Waals surface area contributed by atoms with Crippen LogP contribution in [0.2, 0.25) is 5.02 Å². The molecule has 6 heteroatoms. The Kier molecular flexibility index (Phi) is 9.02. The first kappa shape index (κ1) is 25.9. The van der Waals surface area contributed by atoms with Crippen LogP contribution < -0.4 is 5.73 Å². The maximum absolute atomic E-state index is 11.6. The molecule has 1 unspecified atom stereocenters. The number of hydrogen-bond acceptors (Lipinski definition) is 4. The van der Waals surface area contributed by atoms with E-state index in [4.69, 9.17) is 17.3 Å². The van der Waals surface area contributed by atoms with Crippen LogP contribution in [-0.2, 0) is 4.79 Å². The predicted octanol–water partition coefficient (Wildman–Crippen LogP) is 7.18. The van der Waals surface area contributed by atoms with Gasteiger partial charge in [0.05, 0.1) is 34.1 Å². The van der Waals surface area contributed by atoms with Crippen LogP contribution in [0.15, 0.2) is 49.0 Å². The fourth-order valence-corrected chi connectivity index (χ4v) is 3.60. The number of nitrogens with two attached hydrogens (primary N) is 1. The average Bonchev–Trinajstić information content (AvgIpc) is 3.16. The van der Waals surface area contributed by atoms with E-state index in [-0.39, 0.29) is 5.78 Å². The molecular weight excluding hydrogens is 432 g/mol. The van der Waals surface area contributed by atoms with Crippen molar-refractivity contribution in [2.45, 2.75) is 48.0 Å². The van der Waals surface area contributed by atoms with E-state index in [0.29, 0.717) is 27.8 Å². The smallest absolute Gasteiger partial charge is 0.152 e. The molecule has 0 fully saturated rings. The lowest BCUT2D eigenvalue weighted by atomic mass is 10.0. The molecule has 2 N–H and O–H groups in total. The van der Waals surface area contributed by atoms with Gasteiger partial charge in [0.15, 0.2) is 5.78 Å². The number of ketones is 1. The predicted molar refractivity (Wildman–Crippen MR) is 139 cm³/mol. The van der Waals surface area contributed by atoms with Crippen molar-refractivity contribution in [1.82, 2.24) is 9.55 Å². The number of carbonyl (C=O) groups excluding carboxylic acids is 1. The summed E-state index contributed by atoms with van der Waals surface area (Å²) in [4.78, 5) is 15.9. The zero-order chi connectivity index (χ0) is 24.7. The number of fused-ring (bicyclic) bond motifs is 1. The lowest BCUT2D eigenvalue weighted by Crippen LogP contribution is -1.98. The Morgan fingerprint density at radius 3 is 2.58 bits per heavy atom. The molecule has 172 valence electrons. The maximum atomic E-state index is 11.6. The highest BCUT2D eigenvalue weighted by Crippen LogP contribution is 2.39. The summed E-state index contributed by atoms with van der Waals surface area (Å²) in [6, 6.07) is 6.11. The molecule has 0 amide bonds. The number of carbonyl (C=O) groups is 1. The third kappa shape index (κ3) is 5.71. The van der Waals surface area contributed by atoms with Crippen molar-refractivity contribution in [3.8, 4) is 17.2 Å². The van der Waals surface area contributed by atoms with Gasteiger partial charge < -0.3 is 10.3 Å². The molecule has 2 aromatic heterocycles. The third-order valence-electron chi connectivity index (χ3n) is 5.33. The summed E-state index contributed by atoms with van der Waals surface area (Å²) in [7, 11) is 0. The number of halogens is 1. The van der Waals surface area contributed by atoms with Gasteiger partial charge in [-0.25, -0.2) is 0 Å². The van der Waals surface area contributed by atoms with Gasteiger partial charge in [-0.1, -0.05) is 51.8 Å². The first-order valence-electron chi connectivity index (χ1n) is 11.1. The van der Waals surface area contributed by atoms with Gasteiger partial charge in [0.1, 0.15) is 0 Å². The van der Waals surface area contributed by atoms with Crippen LogP contribution in [0.1, 0.15) is 52.2 Å². The Balaban J connectivity index is 0.00000187. The zero-order valence-corrected chi connectivity index (χ0v) is 20.9. The summed E-state index contributed by atoms with van der Waals surface area (Å²) >= 11 is 6.52. The van der Waals surface area contributed by atoms with E-state index in [0.717, 1.165) is 34.1 Å². The molecule has 33 heavy (non-hydrogen) atoms. The van der Waals surface area contributed by atoms with Crippen molar-refractivity contribution in [2.75, 3.05) is 5.73 Å². The average molecular weight is 463 g/mol. The zero-order valence-electron chi connectivity index (χ0n) is 20.1. The molecule has 0 bridgehead atoms. The Morgan fingerprint density at radius 1 is 1.27 bits per heavy atom. The van der Waals surface area contributed by atoms with Crippen LogP contribution in [0.4, 0.5) is 5.69 Å². The summed E-state index contributed by atoms with van der Waals surface area (Å²) in [5.74, 6) is 0.280. The van der Waals surface area contributed by atoms with Crippen molar-refractivity contribution >= 4 is 39.7 Å². The highest BCUT2D eigenvalue weighted by Gasteiger charge is 2.18. The normalized spacial score (nSPS) is 12.4. The van der Waals surface area contributed by atoms with Crippen LogP contribution in [0.25, 0.3) is 27.7 Å². The van der Waals surface area contributed by atoms with Crippen molar-refractivity contribution in [3.63, 3.8) is 0 Å². The number of nitriles is 1. The van der Waals surface area contributed by atoms with Crippen LogP contribution in [-0.4, -0.2) is 15.3 Å². The number of nitrogen functional groups attached to an aromatic ring is 1. The molecule has 3 rings (SSSR count). The minimum absolute atomic E-state index is 0.0299. The number of anilines is 1. The van der Waals surface area contributed by atoms with E-state index in [2.05, 4.69) is 31.0 Å². The SMILES string of the molecule is CC.CCC(C)/C=C(\C=C/C(C)=O)n1cc(-c2cncc(N)c2Cl)c2cc(C#N)c(C)cc21. The van der Waals surface area contributed by atoms with Crippen LogP contribution in [0.3, 0.4) is 0 Å². The van der Waals surface area contributed by atoms with Gasteiger partial charge in [0.2, 0.25) is 0 Å². The Morgan fingerprint density at radius 2 is 1.97 bits per heavy atom. The first-order valence-corrected chi connectivity index (χ1v) is 11.5. The largest absolute Gasteiger partial charge is 0.396 e. The second-order valence-corrected chi connectivity index (χ2v) is 8.10. The lowest BCUT2D eigenvalue weighted by Gasteiger charge is -2.11. The fourth-order valence-electron chi connectivity index (χ4n) is 3.40. The van der Waals surface area contributed by atoms with E-state index in [1.807, 2.05) is 49.7 Å². The number of hydrogen-bond donors (Lipinski definition) is 1. The van der Waals surface area contributed by atoms with Crippen LogP contribution >= 0.6 is 11.6 Å². The molecule has 0 radical (unpaired) electrons. The van der Waals surface area contributed by atoms with Gasteiger partial charge in [0, 0.05) is 34.6 Å². The monoisotopic (exact) mass is 462 g/mol. The van der Waals surface area contributed by atoms with Gasteiger partial charge in [0.25, 0.3) is 0 Å². The van der Waals surface area contributed by atoms with Gasteiger partial charge in [-0.05, 0) is 49.6 Å². The highest BCUT2D eigenvalue weighted by atomic mass is 35.5. The molecule has 0 saturated heterocycles. The number of pyridine rings is 1. The molecular formula is C27H31ClN4O. The molecule has 1 aromatic carbocycles. The van der Waals surface area contributed by atoms with Gasteiger partial charge in [-0.15, -0.1) is 0 Å². The quantitative estimate of drug-likeness (QED) is 0.310. The van der Waals surface area contributed by atoms with Crippen molar-refractivity contribution in [2.24, 2.45) is 5.92 Å². The molecule has 0 spiro atoms. The van der Waals surface area contributed by atoms with E-state index < -0.39 is 0 Å². The van der Waals surface area contributed by atoms with Gasteiger partial charge in [-0.2, -0.15) is 5.26 Å². The standard InChI is InChI=1S/C25H25ClN4O.C2H6/c1-5-15(2)8-19(7-6-17(4)31)30-14-22(21-12-29-13-23(28)25(21)26)20-10-18(11-27)16(3)9-24(20)30;1-2/h6-10,12-15H,5,28H2,1-4H3;1-2H3/b7-6-,19-8+;. The molecule has 0 saturated carbocycles. The van der Waals surface area contributed by atoms with Crippen LogP contribution in [0.5, 0.6) is 0 Å². The Bertz CT molecular complexity index is 1260.